The van der Waals surface area contributed by atoms with Crippen molar-refractivity contribution in [3.8, 4) is 0 Å². The second-order valence-corrected chi connectivity index (χ2v) is 12.1. The van der Waals surface area contributed by atoms with Crippen LogP contribution >= 0.6 is 0 Å². The fraction of sp³-hybridized carbons (Fsp3) is 0.857. The summed E-state index contributed by atoms with van der Waals surface area (Å²) in [5.74, 6) is 0. The SMILES string of the molecule is CCC(C)(C)OOC(=O)OCC(OC(=O)OOC(C)(C)CC)C(COC(=O)OOC(C)(C)CC)OC(=O)OOC(C)(C)CC. The normalized spacial score (nSPS) is 13.6. The van der Waals surface area contributed by atoms with Crippen LogP contribution in [0.4, 0.5) is 19.2 Å². The quantitative estimate of drug-likeness (QED) is 0.0619. The van der Waals surface area contributed by atoms with Crippen molar-refractivity contribution in [2.45, 2.75) is 143 Å². The summed E-state index contributed by atoms with van der Waals surface area (Å²) in [5.41, 5.74) is -3.40. The third kappa shape index (κ3) is 18.6. The Morgan fingerprint density at radius 1 is 0.432 bits per heavy atom. The summed E-state index contributed by atoms with van der Waals surface area (Å²) in [6.45, 7) is 18.8. The topological polar surface area (TPSA) is 179 Å². The highest BCUT2D eigenvalue weighted by Crippen LogP contribution is 2.19. The van der Waals surface area contributed by atoms with E-state index in [0.29, 0.717) is 25.7 Å². The lowest BCUT2D eigenvalue weighted by atomic mass is 10.1. The first-order chi connectivity index (χ1) is 20.2. The molecule has 2 atom stereocenters. The molecule has 0 saturated heterocycles. The minimum Gasteiger partial charge on any atom is -0.428 e. The van der Waals surface area contributed by atoms with E-state index in [1.54, 1.807) is 83.1 Å². The summed E-state index contributed by atoms with van der Waals surface area (Å²) < 4.78 is 20.4. The number of hydrogen-bond acceptors (Lipinski definition) is 16. The number of hydrogen-bond donors (Lipinski definition) is 0. The average Bonchev–Trinajstić information content (AvgIpc) is 2.97. The second kappa shape index (κ2) is 18.7. The van der Waals surface area contributed by atoms with Crippen molar-refractivity contribution in [3.05, 3.63) is 0 Å². The van der Waals surface area contributed by atoms with Crippen LogP contribution in [0.25, 0.3) is 0 Å². The molecule has 2 unspecified atom stereocenters. The molecule has 0 aliphatic rings. The molecule has 0 aromatic heterocycles. The lowest BCUT2D eigenvalue weighted by molar-refractivity contribution is -0.329. The van der Waals surface area contributed by atoms with Crippen LogP contribution in [0.1, 0.15) is 109 Å². The van der Waals surface area contributed by atoms with E-state index in [0.717, 1.165) is 0 Å². The maximum Gasteiger partial charge on any atom is 0.541 e. The van der Waals surface area contributed by atoms with Gasteiger partial charge in [0.15, 0.2) is 12.2 Å². The van der Waals surface area contributed by atoms with E-state index < -0.39 is 72.4 Å². The molecule has 0 bridgehead atoms. The summed E-state index contributed by atoms with van der Waals surface area (Å²) in [4.78, 5) is 88.4. The number of rotatable bonds is 19. The van der Waals surface area contributed by atoms with Crippen LogP contribution in [-0.4, -0.2) is 72.4 Å². The lowest BCUT2D eigenvalue weighted by Crippen LogP contribution is -2.43. The summed E-state index contributed by atoms with van der Waals surface area (Å²) in [5, 5.41) is 0. The Hall–Kier alpha value is -3.08. The summed E-state index contributed by atoms with van der Waals surface area (Å²) in [6, 6.07) is 0. The van der Waals surface area contributed by atoms with Gasteiger partial charge in [-0.3, -0.25) is 19.6 Å². The third-order valence-electron chi connectivity index (χ3n) is 6.39. The van der Waals surface area contributed by atoms with Crippen LogP contribution in [0.15, 0.2) is 0 Å². The van der Waals surface area contributed by atoms with Crippen LogP contribution in [0, 0.1) is 0 Å². The maximum atomic E-state index is 12.5. The molecule has 0 rings (SSSR count). The molecule has 258 valence electrons. The highest BCUT2D eigenvalue weighted by Gasteiger charge is 2.36. The molecule has 16 nitrogen and oxygen atoms in total. The molecule has 0 saturated carbocycles. The zero-order chi connectivity index (χ0) is 34.2. The van der Waals surface area contributed by atoms with Crippen LogP contribution in [0.5, 0.6) is 0 Å². The van der Waals surface area contributed by atoms with Gasteiger partial charge in [-0.2, -0.15) is 19.6 Å². The summed E-state index contributed by atoms with van der Waals surface area (Å²) in [7, 11) is 0. The van der Waals surface area contributed by atoms with Gasteiger partial charge in [-0.1, -0.05) is 27.7 Å². The average molecular weight is 643 g/mol. The highest BCUT2D eigenvalue weighted by molar-refractivity contribution is 5.62. The van der Waals surface area contributed by atoms with Gasteiger partial charge in [0, 0.05) is 0 Å². The van der Waals surface area contributed by atoms with E-state index in [1.165, 1.54) is 0 Å². The number of carbonyl (C=O) groups is 4. The smallest absolute Gasteiger partial charge is 0.428 e. The fourth-order valence-corrected chi connectivity index (χ4v) is 1.89. The van der Waals surface area contributed by atoms with Gasteiger partial charge in [0.1, 0.15) is 35.6 Å². The first-order valence-electron chi connectivity index (χ1n) is 14.4. The predicted octanol–water partition coefficient (Wildman–Crippen LogP) is 6.82. The van der Waals surface area contributed by atoms with Crippen LogP contribution in [0.3, 0.4) is 0 Å². The van der Waals surface area contributed by atoms with E-state index >= 15 is 0 Å². The molecule has 0 fully saturated rings. The van der Waals surface area contributed by atoms with Crippen LogP contribution < -0.4 is 0 Å². The van der Waals surface area contributed by atoms with Gasteiger partial charge >= 0.3 is 24.6 Å². The van der Waals surface area contributed by atoms with Crippen molar-refractivity contribution in [2.75, 3.05) is 13.2 Å². The molecule has 0 N–H and O–H groups in total. The first kappa shape index (κ1) is 40.9. The Bertz CT molecular complexity index is 826. The number of ether oxygens (including phenoxy) is 4. The van der Waals surface area contributed by atoms with Crippen molar-refractivity contribution in [3.63, 3.8) is 0 Å². The molecule has 0 aliphatic carbocycles. The van der Waals surface area contributed by atoms with E-state index in [9.17, 15) is 19.2 Å². The molecule has 0 amide bonds. The van der Waals surface area contributed by atoms with Crippen molar-refractivity contribution in [2.24, 2.45) is 0 Å². The van der Waals surface area contributed by atoms with Crippen LogP contribution in [-0.2, 0) is 58.0 Å². The van der Waals surface area contributed by atoms with Gasteiger partial charge in [0.25, 0.3) is 0 Å². The molecule has 44 heavy (non-hydrogen) atoms. The second-order valence-electron chi connectivity index (χ2n) is 12.1. The van der Waals surface area contributed by atoms with E-state index in [2.05, 4.69) is 9.78 Å². The van der Waals surface area contributed by atoms with Gasteiger partial charge in [0.2, 0.25) is 0 Å². The van der Waals surface area contributed by atoms with Gasteiger partial charge in [-0.25, -0.2) is 19.2 Å². The molecule has 0 aliphatic heterocycles. The largest absolute Gasteiger partial charge is 0.541 e. The predicted molar refractivity (Wildman–Crippen MR) is 149 cm³/mol. The standard InChI is InChI=1S/C28H50O16/c1-13-25(5,6)41-37-21(29)33-17-19(35-23(31)39-43-27(9,10)15-3)20(36-24(32)40-44-28(11,12)16-4)18-34-22(30)38-42-26(7,8)14-2/h19-20H,13-18H2,1-12H3. The van der Waals surface area contributed by atoms with Crippen molar-refractivity contribution in [1.29, 1.82) is 0 Å². The third-order valence-corrected chi connectivity index (χ3v) is 6.39. The Balaban J connectivity index is 5.91. The Morgan fingerprint density at radius 3 is 0.886 bits per heavy atom. The maximum absolute atomic E-state index is 12.5. The minimum atomic E-state index is -1.69. The molecular formula is C28H50O16. The Kier molecular flexibility index (Phi) is 17.4. The molecule has 0 spiro atoms. The van der Waals surface area contributed by atoms with Gasteiger partial charge in [-0.15, -0.1) is 0 Å². The molecule has 16 heteroatoms. The van der Waals surface area contributed by atoms with Gasteiger partial charge in [-0.05, 0) is 81.1 Å². The molecule has 0 heterocycles. The molecular weight excluding hydrogens is 592 g/mol. The zero-order valence-corrected chi connectivity index (χ0v) is 27.9. The molecule has 0 aromatic carbocycles. The first-order valence-corrected chi connectivity index (χ1v) is 14.4. The van der Waals surface area contributed by atoms with Crippen molar-refractivity contribution >= 4 is 24.6 Å². The van der Waals surface area contributed by atoms with Crippen molar-refractivity contribution < 1.29 is 77.2 Å². The van der Waals surface area contributed by atoms with Gasteiger partial charge in [0.05, 0.1) is 0 Å². The fourth-order valence-electron chi connectivity index (χ4n) is 1.89. The van der Waals surface area contributed by atoms with Crippen LogP contribution in [0.2, 0.25) is 0 Å². The van der Waals surface area contributed by atoms with Gasteiger partial charge < -0.3 is 18.9 Å². The minimum absolute atomic E-state index is 0.464. The monoisotopic (exact) mass is 642 g/mol. The van der Waals surface area contributed by atoms with E-state index in [1.807, 2.05) is 0 Å². The molecule has 0 aromatic rings. The van der Waals surface area contributed by atoms with E-state index in [4.69, 9.17) is 48.3 Å². The summed E-state index contributed by atoms with van der Waals surface area (Å²) >= 11 is 0. The Labute approximate surface area is 258 Å². The van der Waals surface area contributed by atoms with E-state index in [-0.39, 0.29) is 0 Å². The lowest BCUT2D eigenvalue weighted by Gasteiger charge is -2.27. The van der Waals surface area contributed by atoms with Crippen molar-refractivity contribution in [1.82, 2.24) is 0 Å². The molecule has 0 radical (unpaired) electrons. The number of carbonyl (C=O) groups excluding carboxylic acids is 4. The summed E-state index contributed by atoms with van der Waals surface area (Å²) in [6.07, 6.45) is -6.90. The highest BCUT2D eigenvalue weighted by atomic mass is 17.3. The zero-order valence-electron chi connectivity index (χ0n) is 27.9. The Morgan fingerprint density at radius 2 is 0.659 bits per heavy atom.